The van der Waals surface area contributed by atoms with Gasteiger partial charge >= 0.3 is 6.03 Å². The van der Waals surface area contributed by atoms with Crippen LogP contribution in [0, 0.1) is 0 Å². The molecular weight excluding hydrogens is 272 g/mol. The molecule has 0 radical (unpaired) electrons. The number of hydrogen-bond acceptors (Lipinski definition) is 4. The number of carbonyl (C=O) groups excluding carboxylic acids is 1. The highest BCUT2D eigenvalue weighted by atomic mass is 16.3. The zero-order valence-corrected chi connectivity index (χ0v) is 12.2. The highest BCUT2D eigenvalue weighted by Crippen LogP contribution is 2.12. The fraction of sp³-hybridized carbons (Fsp3) is 0.462. The third kappa shape index (κ3) is 4.06. The van der Waals surface area contributed by atoms with Crippen LogP contribution >= 0.6 is 0 Å². The minimum atomic E-state index is -0.357. The van der Waals surface area contributed by atoms with E-state index in [1.807, 2.05) is 6.07 Å². The lowest BCUT2D eigenvalue weighted by atomic mass is 10.2. The van der Waals surface area contributed by atoms with Gasteiger partial charge in [0.2, 0.25) is 0 Å². The number of aliphatic hydroxyl groups excluding tert-OH is 1. The van der Waals surface area contributed by atoms with Crippen LogP contribution in [0.2, 0.25) is 0 Å². The molecule has 2 heterocycles. The average Bonchev–Trinajstić information content (AvgIpc) is 2.98. The van der Waals surface area contributed by atoms with E-state index in [0.717, 1.165) is 18.5 Å². The molecule has 0 spiro atoms. The number of urea groups is 1. The van der Waals surface area contributed by atoms with Crippen molar-refractivity contribution in [3.63, 3.8) is 0 Å². The van der Waals surface area contributed by atoms with Crippen molar-refractivity contribution in [1.29, 1.82) is 0 Å². The Hall–Kier alpha value is -2.35. The minimum absolute atomic E-state index is 0.00252. The molecule has 2 amide bonds. The molecule has 8 nitrogen and oxygen atoms in total. The SMILES string of the molecule is CCCc1cc(NC(=O)Nc2cnn(CCO)c2)n(C)n1. The second-order valence-corrected chi connectivity index (χ2v) is 4.69. The maximum atomic E-state index is 11.9. The predicted molar refractivity (Wildman–Crippen MR) is 79.2 cm³/mol. The number of anilines is 2. The van der Waals surface area contributed by atoms with Crippen LogP contribution < -0.4 is 10.6 Å². The Morgan fingerprint density at radius 1 is 1.43 bits per heavy atom. The zero-order chi connectivity index (χ0) is 15.2. The molecule has 0 aliphatic rings. The summed E-state index contributed by atoms with van der Waals surface area (Å²) in [5.74, 6) is 0.638. The van der Waals surface area contributed by atoms with E-state index >= 15 is 0 Å². The molecule has 8 heteroatoms. The van der Waals surface area contributed by atoms with Gasteiger partial charge in [0.15, 0.2) is 0 Å². The van der Waals surface area contributed by atoms with Crippen LogP contribution in [0.25, 0.3) is 0 Å². The normalized spacial score (nSPS) is 10.6. The molecule has 0 saturated carbocycles. The third-order valence-corrected chi connectivity index (χ3v) is 2.90. The van der Waals surface area contributed by atoms with Crippen molar-refractivity contribution < 1.29 is 9.90 Å². The molecule has 0 aliphatic carbocycles. The number of aryl methyl sites for hydroxylation is 2. The van der Waals surface area contributed by atoms with Crippen LogP contribution in [0.5, 0.6) is 0 Å². The zero-order valence-electron chi connectivity index (χ0n) is 12.2. The summed E-state index contributed by atoms with van der Waals surface area (Å²) in [6.45, 7) is 2.48. The standard InChI is InChI=1S/C13H20N6O2/c1-3-4-10-7-12(18(2)17-10)16-13(21)15-11-8-14-19(9-11)5-6-20/h7-9,20H,3-6H2,1-2H3,(H2,15,16,21). The van der Waals surface area contributed by atoms with E-state index in [2.05, 4.69) is 27.8 Å². The Labute approximate surface area is 122 Å². The van der Waals surface area contributed by atoms with Crippen LogP contribution in [0.4, 0.5) is 16.3 Å². The molecule has 3 N–H and O–H groups in total. The van der Waals surface area contributed by atoms with Gasteiger partial charge in [-0.05, 0) is 6.42 Å². The Balaban J connectivity index is 1.94. The largest absolute Gasteiger partial charge is 0.394 e. The monoisotopic (exact) mass is 292 g/mol. The molecule has 114 valence electrons. The topological polar surface area (TPSA) is 97.0 Å². The van der Waals surface area contributed by atoms with Gasteiger partial charge in [-0.1, -0.05) is 13.3 Å². The summed E-state index contributed by atoms with van der Waals surface area (Å²) in [4.78, 5) is 11.9. The summed E-state index contributed by atoms with van der Waals surface area (Å²) in [6.07, 6.45) is 5.07. The van der Waals surface area contributed by atoms with Crippen molar-refractivity contribution >= 4 is 17.5 Å². The minimum Gasteiger partial charge on any atom is -0.394 e. The maximum absolute atomic E-state index is 11.9. The van der Waals surface area contributed by atoms with Crippen molar-refractivity contribution in [2.24, 2.45) is 7.05 Å². The third-order valence-electron chi connectivity index (χ3n) is 2.90. The van der Waals surface area contributed by atoms with Crippen molar-refractivity contribution in [2.75, 3.05) is 17.2 Å². The lowest BCUT2D eigenvalue weighted by Gasteiger charge is -2.05. The molecule has 2 aromatic rings. The van der Waals surface area contributed by atoms with E-state index in [1.54, 1.807) is 22.6 Å². The smallest absolute Gasteiger partial charge is 0.324 e. The van der Waals surface area contributed by atoms with Crippen molar-refractivity contribution in [2.45, 2.75) is 26.3 Å². The lowest BCUT2D eigenvalue weighted by Crippen LogP contribution is -2.20. The highest BCUT2D eigenvalue weighted by Gasteiger charge is 2.09. The van der Waals surface area contributed by atoms with Crippen molar-refractivity contribution in [3.05, 3.63) is 24.2 Å². The van der Waals surface area contributed by atoms with Crippen LogP contribution in [0.3, 0.4) is 0 Å². The van der Waals surface area contributed by atoms with Crippen LogP contribution in [-0.2, 0) is 20.0 Å². The molecule has 0 aliphatic heterocycles. The first-order chi connectivity index (χ1) is 10.1. The van der Waals surface area contributed by atoms with Gasteiger partial charge in [-0.15, -0.1) is 0 Å². The van der Waals surface area contributed by atoms with Gasteiger partial charge < -0.3 is 10.4 Å². The van der Waals surface area contributed by atoms with E-state index < -0.39 is 0 Å². The van der Waals surface area contributed by atoms with Crippen LogP contribution in [-0.4, -0.2) is 37.3 Å². The van der Waals surface area contributed by atoms with E-state index in [9.17, 15) is 4.79 Å². The van der Waals surface area contributed by atoms with Gasteiger partial charge in [0.1, 0.15) is 5.82 Å². The number of nitrogens with zero attached hydrogens (tertiary/aromatic N) is 4. The van der Waals surface area contributed by atoms with Crippen molar-refractivity contribution in [3.8, 4) is 0 Å². The molecule has 0 fully saturated rings. The number of hydrogen-bond donors (Lipinski definition) is 3. The van der Waals surface area contributed by atoms with E-state index in [0.29, 0.717) is 18.1 Å². The highest BCUT2D eigenvalue weighted by molar-refractivity contribution is 5.99. The second-order valence-electron chi connectivity index (χ2n) is 4.69. The summed E-state index contributed by atoms with van der Waals surface area (Å²) < 4.78 is 3.19. The first-order valence-corrected chi connectivity index (χ1v) is 6.86. The average molecular weight is 292 g/mol. The van der Waals surface area contributed by atoms with Gasteiger partial charge in [-0.3, -0.25) is 14.7 Å². The van der Waals surface area contributed by atoms with E-state index in [-0.39, 0.29) is 12.6 Å². The van der Waals surface area contributed by atoms with Crippen LogP contribution in [0.1, 0.15) is 19.0 Å². The summed E-state index contributed by atoms with van der Waals surface area (Å²) in [6, 6.07) is 1.50. The summed E-state index contributed by atoms with van der Waals surface area (Å²) in [5, 5.41) is 22.6. The quantitative estimate of drug-likeness (QED) is 0.745. The second kappa shape index (κ2) is 6.89. The molecule has 0 bridgehead atoms. The molecule has 2 rings (SSSR count). The van der Waals surface area contributed by atoms with Gasteiger partial charge in [0.25, 0.3) is 0 Å². The fourth-order valence-electron chi connectivity index (χ4n) is 1.95. The van der Waals surface area contributed by atoms with E-state index in [4.69, 9.17) is 5.11 Å². The number of rotatable bonds is 6. The van der Waals surface area contributed by atoms with Crippen LogP contribution in [0.15, 0.2) is 18.5 Å². The van der Waals surface area contributed by atoms with Gasteiger partial charge in [-0.2, -0.15) is 10.2 Å². The van der Waals surface area contributed by atoms with E-state index in [1.165, 1.54) is 6.20 Å². The number of nitrogens with one attached hydrogen (secondary N) is 2. The molecule has 0 saturated heterocycles. The molecule has 0 atom stereocenters. The number of carbonyl (C=O) groups is 1. The van der Waals surface area contributed by atoms with Gasteiger partial charge in [-0.25, -0.2) is 4.79 Å². The summed E-state index contributed by atoms with van der Waals surface area (Å²) in [7, 11) is 1.79. The molecule has 0 unspecified atom stereocenters. The predicted octanol–water partition coefficient (Wildman–Crippen LogP) is 1.21. The Bertz CT molecular complexity index is 604. The molecule has 2 aromatic heterocycles. The van der Waals surface area contributed by atoms with Crippen molar-refractivity contribution in [1.82, 2.24) is 19.6 Å². The number of amides is 2. The summed E-state index contributed by atoms with van der Waals surface area (Å²) >= 11 is 0. The summed E-state index contributed by atoms with van der Waals surface area (Å²) in [5.41, 5.74) is 1.52. The maximum Gasteiger partial charge on any atom is 0.324 e. The Morgan fingerprint density at radius 3 is 2.95 bits per heavy atom. The number of aliphatic hydroxyl groups is 1. The first kappa shape index (κ1) is 15.0. The Kier molecular flexibility index (Phi) is 4.94. The molecular formula is C13H20N6O2. The van der Waals surface area contributed by atoms with Gasteiger partial charge in [0.05, 0.1) is 30.7 Å². The molecule has 0 aromatic carbocycles. The first-order valence-electron chi connectivity index (χ1n) is 6.86. The molecule has 21 heavy (non-hydrogen) atoms. The van der Waals surface area contributed by atoms with Gasteiger partial charge in [0, 0.05) is 19.3 Å². The number of aromatic nitrogens is 4. The Morgan fingerprint density at radius 2 is 2.24 bits per heavy atom. The fourth-order valence-corrected chi connectivity index (χ4v) is 1.95. The lowest BCUT2D eigenvalue weighted by molar-refractivity contribution is 0.262.